The summed E-state index contributed by atoms with van der Waals surface area (Å²) in [7, 11) is 1.89. The summed E-state index contributed by atoms with van der Waals surface area (Å²) in [4.78, 5) is 2.47. The van der Waals surface area contributed by atoms with Crippen LogP contribution >= 0.6 is 11.6 Å². The van der Waals surface area contributed by atoms with E-state index >= 15 is 0 Å². The van der Waals surface area contributed by atoms with Gasteiger partial charge in [0.05, 0.1) is 5.69 Å². The second kappa shape index (κ2) is 5.17. The largest absolute Gasteiger partial charge is 0.314 e. The first-order valence-corrected chi connectivity index (χ1v) is 6.17. The smallest absolute Gasteiger partial charge is 0.130 e. The summed E-state index contributed by atoms with van der Waals surface area (Å²) in [5.74, 6) is 0. The maximum Gasteiger partial charge on any atom is 0.130 e. The van der Waals surface area contributed by atoms with E-state index in [2.05, 4.69) is 15.3 Å². The van der Waals surface area contributed by atoms with E-state index < -0.39 is 0 Å². The maximum atomic E-state index is 6.20. The first kappa shape index (κ1) is 11.9. The van der Waals surface area contributed by atoms with Crippen molar-refractivity contribution < 1.29 is 0 Å². The van der Waals surface area contributed by atoms with Crippen LogP contribution in [0.5, 0.6) is 0 Å². The normalized spacial score (nSPS) is 17.9. The van der Waals surface area contributed by atoms with Crippen molar-refractivity contribution >= 4 is 11.6 Å². The van der Waals surface area contributed by atoms with Gasteiger partial charge in [0.2, 0.25) is 0 Å². The molecular formula is C11H19ClN4. The van der Waals surface area contributed by atoms with Gasteiger partial charge in [-0.3, -0.25) is 4.68 Å². The van der Waals surface area contributed by atoms with Crippen molar-refractivity contribution in [3.05, 3.63) is 16.4 Å². The third kappa shape index (κ3) is 2.56. The maximum absolute atomic E-state index is 6.20. The Kier molecular flexibility index (Phi) is 3.84. The lowest BCUT2D eigenvalue weighted by atomic mass is 10.2. The fourth-order valence-corrected chi connectivity index (χ4v) is 2.43. The van der Waals surface area contributed by atoms with Gasteiger partial charge in [-0.2, -0.15) is 5.10 Å². The molecule has 90 valence electrons. The van der Waals surface area contributed by atoms with Gasteiger partial charge in [0.15, 0.2) is 0 Å². The van der Waals surface area contributed by atoms with Crippen LogP contribution < -0.4 is 5.32 Å². The number of rotatable bonds is 3. The Labute approximate surface area is 102 Å². The van der Waals surface area contributed by atoms with Gasteiger partial charge in [-0.15, -0.1) is 0 Å². The summed E-state index contributed by atoms with van der Waals surface area (Å²) >= 11 is 6.20. The molecule has 2 heterocycles. The van der Waals surface area contributed by atoms with Crippen LogP contribution in [0.2, 0.25) is 5.15 Å². The molecule has 1 N–H and O–H groups in total. The van der Waals surface area contributed by atoms with Crippen LogP contribution in [0.15, 0.2) is 0 Å². The van der Waals surface area contributed by atoms with E-state index in [-0.39, 0.29) is 0 Å². The van der Waals surface area contributed by atoms with E-state index in [9.17, 15) is 0 Å². The zero-order valence-corrected chi connectivity index (χ0v) is 10.7. The fraction of sp³-hybridized carbons (Fsp3) is 0.727. The molecule has 4 nitrogen and oxygen atoms in total. The van der Waals surface area contributed by atoms with Crippen molar-refractivity contribution in [3.63, 3.8) is 0 Å². The van der Waals surface area contributed by atoms with Gasteiger partial charge in [0, 0.05) is 45.3 Å². The second-order valence-corrected chi connectivity index (χ2v) is 4.68. The Morgan fingerprint density at radius 2 is 2.06 bits per heavy atom. The first-order valence-electron chi connectivity index (χ1n) is 5.79. The quantitative estimate of drug-likeness (QED) is 0.853. The molecule has 5 heteroatoms. The summed E-state index contributed by atoms with van der Waals surface area (Å²) in [6, 6.07) is 0. The van der Waals surface area contributed by atoms with Crippen LogP contribution in [-0.4, -0.2) is 47.4 Å². The Bertz CT molecular complexity index is 355. The Morgan fingerprint density at radius 3 is 2.62 bits per heavy atom. The van der Waals surface area contributed by atoms with Crippen molar-refractivity contribution in [1.29, 1.82) is 0 Å². The van der Waals surface area contributed by atoms with Gasteiger partial charge < -0.3 is 10.2 Å². The van der Waals surface area contributed by atoms with E-state index in [1.807, 2.05) is 14.0 Å². The summed E-state index contributed by atoms with van der Waals surface area (Å²) < 4.78 is 1.75. The molecule has 1 fully saturated rings. The third-order valence-corrected chi connectivity index (χ3v) is 3.63. The van der Waals surface area contributed by atoms with Crippen molar-refractivity contribution in [2.45, 2.75) is 13.3 Å². The molecule has 0 atom stereocenters. The number of piperazine rings is 1. The Balaban J connectivity index is 1.93. The zero-order chi connectivity index (χ0) is 11.5. The average molecular weight is 243 g/mol. The number of hydrogen-bond donors (Lipinski definition) is 1. The molecule has 0 amide bonds. The Morgan fingerprint density at radius 1 is 1.38 bits per heavy atom. The number of halogens is 1. The van der Waals surface area contributed by atoms with Crippen molar-refractivity contribution in [3.8, 4) is 0 Å². The zero-order valence-electron chi connectivity index (χ0n) is 9.96. The van der Waals surface area contributed by atoms with Crippen LogP contribution in [0.25, 0.3) is 0 Å². The number of nitrogens with one attached hydrogen (secondary N) is 1. The SMILES string of the molecule is Cc1nn(C)c(Cl)c1CCN1CCNCC1. The number of aryl methyl sites for hydroxylation is 2. The van der Waals surface area contributed by atoms with E-state index in [4.69, 9.17) is 11.6 Å². The van der Waals surface area contributed by atoms with Crippen LogP contribution in [0.1, 0.15) is 11.3 Å². The third-order valence-electron chi connectivity index (χ3n) is 3.16. The minimum atomic E-state index is 0.785. The minimum Gasteiger partial charge on any atom is -0.314 e. The van der Waals surface area contributed by atoms with Gasteiger partial charge in [0.25, 0.3) is 0 Å². The molecule has 1 aromatic rings. The standard InChI is InChI=1S/C11H19ClN4/c1-9-10(11(12)15(2)14-9)3-6-16-7-4-13-5-8-16/h13H,3-8H2,1-2H3. The van der Waals surface area contributed by atoms with Gasteiger partial charge >= 0.3 is 0 Å². The lowest BCUT2D eigenvalue weighted by molar-refractivity contribution is 0.244. The van der Waals surface area contributed by atoms with E-state index in [0.29, 0.717) is 0 Å². The molecule has 0 saturated carbocycles. The molecule has 0 spiro atoms. The van der Waals surface area contributed by atoms with Crippen LogP contribution in [-0.2, 0) is 13.5 Å². The summed E-state index contributed by atoms with van der Waals surface area (Å²) in [6.07, 6.45) is 0.999. The Hall–Kier alpha value is -0.580. The molecule has 1 aromatic heterocycles. The summed E-state index contributed by atoms with van der Waals surface area (Å²) in [6.45, 7) is 7.57. The van der Waals surface area contributed by atoms with Crippen LogP contribution in [0.3, 0.4) is 0 Å². The lowest BCUT2D eigenvalue weighted by Crippen LogP contribution is -2.44. The van der Waals surface area contributed by atoms with Crippen molar-refractivity contribution in [2.75, 3.05) is 32.7 Å². The van der Waals surface area contributed by atoms with Gasteiger partial charge in [-0.05, 0) is 13.3 Å². The molecular weight excluding hydrogens is 224 g/mol. The summed E-state index contributed by atoms with van der Waals surface area (Å²) in [5, 5.41) is 8.47. The molecule has 16 heavy (non-hydrogen) atoms. The van der Waals surface area contributed by atoms with E-state index in [1.54, 1.807) is 4.68 Å². The molecule has 0 aliphatic carbocycles. The molecule has 0 radical (unpaired) electrons. The van der Waals surface area contributed by atoms with Crippen molar-refractivity contribution in [2.24, 2.45) is 7.05 Å². The highest BCUT2D eigenvalue weighted by Crippen LogP contribution is 2.19. The molecule has 1 aliphatic rings. The number of nitrogens with zero attached hydrogens (tertiary/aromatic N) is 3. The van der Waals surface area contributed by atoms with Gasteiger partial charge in [-0.25, -0.2) is 0 Å². The van der Waals surface area contributed by atoms with Gasteiger partial charge in [0.1, 0.15) is 5.15 Å². The summed E-state index contributed by atoms with van der Waals surface area (Å²) in [5.41, 5.74) is 2.25. The van der Waals surface area contributed by atoms with Crippen LogP contribution in [0.4, 0.5) is 0 Å². The average Bonchev–Trinajstić information content (AvgIpc) is 2.53. The molecule has 1 aliphatic heterocycles. The molecule has 0 aromatic carbocycles. The van der Waals surface area contributed by atoms with E-state index in [0.717, 1.165) is 50.0 Å². The van der Waals surface area contributed by atoms with E-state index in [1.165, 1.54) is 5.56 Å². The molecule has 2 rings (SSSR count). The topological polar surface area (TPSA) is 33.1 Å². The molecule has 0 bridgehead atoms. The molecule has 1 saturated heterocycles. The van der Waals surface area contributed by atoms with Crippen molar-refractivity contribution in [1.82, 2.24) is 20.0 Å². The first-order chi connectivity index (χ1) is 7.68. The highest BCUT2D eigenvalue weighted by Gasteiger charge is 2.14. The van der Waals surface area contributed by atoms with Gasteiger partial charge in [-0.1, -0.05) is 11.6 Å². The number of aromatic nitrogens is 2. The second-order valence-electron chi connectivity index (χ2n) is 4.32. The monoisotopic (exact) mass is 242 g/mol. The predicted molar refractivity (Wildman–Crippen MR) is 66.0 cm³/mol. The lowest BCUT2D eigenvalue weighted by Gasteiger charge is -2.27. The minimum absolute atomic E-state index is 0.785. The highest BCUT2D eigenvalue weighted by atomic mass is 35.5. The highest BCUT2D eigenvalue weighted by molar-refractivity contribution is 6.30. The fourth-order valence-electron chi connectivity index (χ4n) is 2.16. The number of hydrogen-bond acceptors (Lipinski definition) is 3. The van der Waals surface area contributed by atoms with Crippen LogP contribution in [0, 0.1) is 6.92 Å². The molecule has 0 unspecified atom stereocenters. The predicted octanol–water partition coefficient (Wildman–Crippen LogP) is 0.830.